The molecule has 0 unspecified atom stereocenters. The van der Waals surface area contributed by atoms with Gasteiger partial charge in [-0.3, -0.25) is 10.1 Å². The zero-order chi connectivity index (χ0) is 10.9. The molecule has 0 aliphatic heterocycles. The molecule has 0 amide bonds. The molecular weight excluding hydrogens is 208 g/mol. The maximum absolute atomic E-state index is 11.1. The maximum atomic E-state index is 11.1. The van der Waals surface area contributed by atoms with E-state index in [9.17, 15) is 18.5 Å². The molecule has 76 valence electrons. The number of nitrogens with zero attached hydrogens (tertiary/aromatic N) is 2. The van der Waals surface area contributed by atoms with Gasteiger partial charge in [0.05, 0.1) is 4.92 Å². The summed E-state index contributed by atoms with van der Waals surface area (Å²) in [7, 11) is -3.65. The predicted molar refractivity (Wildman–Crippen MR) is 48.7 cm³/mol. The summed E-state index contributed by atoms with van der Waals surface area (Å²) in [5.41, 5.74) is 0.0663. The highest BCUT2D eigenvalue weighted by Gasteiger charge is 2.23. The lowest BCUT2D eigenvalue weighted by molar-refractivity contribution is -0.388. The van der Waals surface area contributed by atoms with E-state index in [0.717, 1.165) is 6.26 Å². The van der Waals surface area contributed by atoms with Crippen molar-refractivity contribution < 1.29 is 13.3 Å². The van der Waals surface area contributed by atoms with Crippen molar-refractivity contribution in [2.45, 2.75) is 11.9 Å². The third-order valence-corrected chi connectivity index (χ3v) is 2.53. The first kappa shape index (κ1) is 10.6. The predicted octanol–water partition coefficient (Wildman–Crippen LogP) is 0.702. The van der Waals surface area contributed by atoms with Crippen molar-refractivity contribution in [2.75, 3.05) is 6.26 Å². The summed E-state index contributed by atoms with van der Waals surface area (Å²) in [6.45, 7) is 1.60. The fourth-order valence-corrected chi connectivity index (χ4v) is 1.72. The number of aryl methyl sites for hydroxylation is 1. The molecule has 0 N–H and O–H groups in total. The first-order chi connectivity index (χ1) is 6.32. The summed E-state index contributed by atoms with van der Waals surface area (Å²) >= 11 is 0. The van der Waals surface area contributed by atoms with Crippen molar-refractivity contribution in [1.82, 2.24) is 4.98 Å². The number of hydrogen-bond donors (Lipinski definition) is 0. The van der Waals surface area contributed by atoms with Gasteiger partial charge in [0.2, 0.25) is 5.03 Å². The van der Waals surface area contributed by atoms with E-state index in [2.05, 4.69) is 4.98 Å². The minimum Gasteiger partial charge on any atom is -0.258 e. The van der Waals surface area contributed by atoms with E-state index in [0.29, 0.717) is 5.56 Å². The van der Waals surface area contributed by atoms with Gasteiger partial charge in [0, 0.05) is 18.5 Å². The maximum Gasteiger partial charge on any atom is 0.306 e. The van der Waals surface area contributed by atoms with Crippen LogP contribution in [-0.2, 0) is 9.84 Å². The van der Waals surface area contributed by atoms with E-state index in [-0.39, 0.29) is 0 Å². The minimum atomic E-state index is -3.65. The van der Waals surface area contributed by atoms with Gasteiger partial charge in [-0.2, -0.15) is 0 Å². The topological polar surface area (TPSA) is 90.2 Å². The summed E-state index contributed by atoms with van der Waals surface area (Å²) < 4.78 is 22.2. The molecule has 0 radical (unpaired) electrons. The van der Waals surface area contributed by atoms with Gasteiger partial charge in [0.15, 0.2) is 9.84 Å². The molecule has 0 saturated heterocycles. The van der Waals surface area contributed by atoms with E-state index < -0.39 is 25.5 Å². The van der Waals surface area contributed by atoms with Crippen LogP contribution in [0.2, 0.25) is 0 Å². The lowest BCUT2D eigenvalue weighted by Crippen LogP contribution is -2.05. The SMILES string of the molecule is Cc1cnc(S(C)(=O)=O)c([N+](=O)[O-])c1. The van der Waals surface area contributed by atoms with Crippen molar-refractivity contribution in [3.8, 4) is 0 Å². The molecule has 1 heterocycles. The Hall–Kier alpha value is -1.50. The highest BCUT2D eigenvalue weighted by atomic mass is 32.2. The van der Waals surface area contributed by atoms with Crippen molar-refractivity contribution in [1.29, 1.82) is 0 Å². The highest BCUT2D eigenvalue weighted by Crippen LogP contribution is 2.21. The molecule has 1 aromatic heterocycles. The Morgan fingerprint density at radius 2 is 2.07 bits per heavy atom. The number of sulfone groups is 1. The van der Waals surface area contributed by atoms with Crippen LogP contribution in [0.1, 0.15) is 5.56 Å². The van der Waals surface area contributed by atoms with Gasteiger partial charge in [-0.25, -0.2) is 13.4 Å². The molecule has 0 spiro atoms. The fraction of sp³-hybridized carbons (Fsp3) is 0.286. The summed E-state index contributed by atoms with van der Waals surface area (Å²) in [5.74, 6) is 0. The average molecular weight is 216 g/mol. The van der Waals surface area contributed by atoms with Crippen molar-refractivity contribution in [3.63, 3.8) is 0 Å². The van der Waals surface area contributed by atoms with Gasteiger partial charge >= 0.3 is 5.69 Å². The van der Waals surface area contributed by atoms with Gasteiger partial charge in [0.25, 0.3) is 0 Å². The molecule has 0 saturated carbocycles. The molecule has 0 fully saturated rings. The normalized spacial score (nSPS) is 11.3. The quantitative estimate of drug-likeness (QED) is 0.536. The lowest BCUT2D eigenvalue weighted by Gasteiger charge is -1.99. The summed E-state index contributed by atoms with van der Waals surface area (Å²) in [5, 5.41) is 10.0. The number of rotatable bonds is 2. The van der Waals surface area contributed by atoms with Crippen LogP contribution in [0.3, 0.4) is 0 Å². The zero-order valence-electron chi connectivity index (χ0n) is 7.59. The van der Waals surface area contributed by atoms with Crippen LogP contribution in [0.4, 0.5) is 5.69 Å². The molecule has 0 aliphatic rings. The molecule has 6 nitrogen and oxygen atoms in total. The molecule has 1 aromatic rings. The Bertz CT molecular complexity index is 480. The molecule has 0 atom stereocenters. The smallest absolute Gasteiger partial charge is 0.258 e. The summed E-state index contributed by atoms with van der Waals surface area (Å²) in [6.07, 6.45) is 2.17. The standard InChI is InChI=1S/C7H8N2O4S/c1-5-3-6(9(10)11)7(8-4-5)14(2,12)13/h3-4H,1-2H3. The molecule has 7 heteroatoms. The summed E-state index contributed by atoms with van der Waals surface area (Å²) in [4.78, 5) is 13.3. The zero-order valence-corrected chi connectivity index (χ0v) is 8.41. The summed E-state index contributed by atoms with van der Waals surface area (Å²) in [6, 6.07) is 1.18. The Morgan fingerprint density at radius 1 is 1.50 bits per heavy atom. The Morgan fingerprint density at radius 3 is 2.50 bits per heavy atom. The fourth-order valence-electron chi connectivity index (χ4n) is 0.958. The first-order valence-corrected chi connectivity index (χ1v) is 5.52. The molecule has 14 heavy (non-hydrogen) atoms. The van der Waals surface area contributed by atoms with E-state index in [1.807, 2.05) is 0 Å². The van der Waals surface area contributed by atoms with Gasteiger partial charge < -0.3 is 0 Å². The number of aromatic nitrogens is 1. The Labute approximate surface area is 80.7 Å². The third kappa shape index (κ3) is 2.05. The van der Waals surface area contributed by atoms with Crippen LogP contribution >= 0.6 is 0 Å². The number of nitro groups is 1. The second-order valence-electron chi connectivity index (χ2n) is 2.87. The van der Waals surface area contributed by atoms with Crippen LogP contribution < -0.4 is 0 Å². The monoisotopic (exact) mass is 216 g/mol. The van der Waals surface area contributed by atoms with Gasteiger partial charge in [-0.05, 0) is 12.5 Å². The van der Waals surface area contributed by atoms with E-state index in [1.165, 1.54) is 12.3 Å². The molecule has 0 aliphatic carbocycles. The second kappa shape index (κ2) is 3.33. The van der Waals surface area contributed by atoms with Crippen LogP contribution in [0.5, 0.6) is 0 Å². The van der Waals surface area contributed by atoms with Gasteiger partial charge in [0.1, 0.15) is 0 Å². The van der Waals surface area contributed by atoms with Crippen molar-refractivity contribution in [2.24, 2.45) is 0 Å². The van der Waals surface area contributed by atoms with Crippen LogP contribution in [-0.4, -0.2) is 24.6 Å². The van der Waals surface area contributed by atoms with E-state index >= 15 is 0 Å². The van der Waals surface area contributed by atoms with Crippen LogP contribution in [0.25, 0.3) is 0 Å². The van der Waals surface area contributed by atoms with Crippen LogP contribution in [0, 0.1) is 17.0 Å². The average Bonchev–Trinajstić information content (AvgIpc) is 2.01. The van der Waals surface area contributed by atoms with E-state index in [1.54, 1.807) is 6.92 Å². The lowest BCUT2D eigenvalue weighted by atomic mass is 10.3. The van der Waals surface area contributed by atoms with Crippen LogP contribution in [0.15, 0.2) is 17.3 Å². The van der Waals surface area contributed by atoms with Crippen molar-refractivity contribution >= 4 is 15.5 Å². The van der Waals surface area contributed by atoms with Gasteiger partial charge in [-0.15, -0.1) is 0 Å². The molecular formula is C7H8N2O4S. The second-order valence-corrected chi connectivity index (χ2v) is 4.80. The molecule has 1 rings (SSSR count). The highest BCUT2D eigenvalue weighted by molar-refractivity contribution is 7.90. The Balaban J connectivity index is 3.53. The van der Waals surface area contributed by atoms with Gasteiger partial charge in [-0.1, -0.05) is 0 Å². The van der Waals surface area contributed by atoms with E-state index in [4.69, 9.17) is 0 Å². The Kier molecular flexibility index (Phi) is 2.52. The molecule has 0 aromatic carbocycles. The molecule has 0 bridgehead atoms. The largest absolute Gasteiger partial charge is 0.306 e. The number of pyridine rings is 1. The number of hydrogen-bond acceptors (Lipinski definition) is 5. The first-order valence-electron chi connectivity index (χ1n) is 3.63. The minimum absolute atomic E-state index is 0.479. The third-order valence-electron chi connectivity index (χ3n) is 1.52. The van der Waals surface area contributed by atoms with Crippen molar-refractivity contribution in [3.05, 3.63) is 27.9 Å².